The molecule has 1 aromatic heterocycles. The van der Waals surface area contributed by atoms with Gasteiger partial charge >= 0.3 is 6.18 Å². The number of aromatic nitrogens is 1. The Morgan fingerprint density at radius 3 is 2.84 bits per heavy atom. The van der Waals surface area contributed by atoms with Crippen molar-refractivity contribution in [3.63, 3.8) is 0 Å². The van der Waals surface area contributed by atoms with E-state index in [0.29, 0.717) is 17.5 Å². The van der Waals surface area contributed by atoms with Crippen molar-refractivity contribution in [2.75, 3.05) is 20.1 Å². The molecule has 1 atom stereocenters. The van der Waals surface area contributed by atoms with Crippen molar-refractivity contribution >= 4 is 23.7 Å². The fourth-order valence-electron chi connectivity index (χ4n) is 2.28. The van der Waals surface area contributed by atoms with E-state index in [1.807, 2.05) is 7.05 Å². The number of likely N-dealkylation sites (tertiary alicyclic amines) is 1. The van der Waals surface area contributed by atoms with Crippen molar-refractivity contribution in [3.05, 3.63) is 16.1 Å². The number of alkyl halides is 3. The monoisotopic (exact) mass is 315 g/mol. The first-order valence-corrected chi connectivity index (χ1v) is 6.73. The number of nitrogens with one attached hydrogen (secondary N) is 1. The Labute approximate surface area is 120 Å². The third kappa shape index (κ3) is 4.30. The molecule has 1 aliphatic heterocycles. The van der Waals surface area contributed by atoms with E-state index in [-0.39, 0.29) is 12.4 Å². The molecule has 0 amide bonds. The molecule has 0 aliphatic carbocycles. The van der Waals surface area contributed by atoms with Crippen LogP contribution in [0.1, 0.15) is 22.7 Å². The molecule has 0 spiro atoms. The van der Waals surface area contributed by atoms with E-state index in [0.717, 1.165) is 37.3 Å². The maximum atomic E-state index is 12.4. The van der Waals surface area contributed by atoms with E-state index in [9.17, 15) is 13.2 Å². The van der Waals surface area contributed by atoms with Gasteiger partial charge in [0.1, 0.15) is 0 Å². The van der Waals surface area contributed by atoms with Crippen molar-refractivity contribution < 1.29 is 13.2 Å². The van der Waals surface area contributed by atoms with Crippen LogP contribution in [0.5, 0.6) is 0 Å². The Bertz CT molecular complexity index is 397. The SMILES string of the molecule is CNCC1CCCN1Cc1cnc(C(F)(F)F)s1.Cl. The Balaban J connectivity index is 0.00000180. The first-order chi connectivity index (χ1) is 8.50. The molecule has 0 bridgehead atoms. The summed E-state index contributed by atoms with van der Waals surface area (Å²) in [5, 5.41) is 2.37. The van der Waals surface area contributed by atoms with Crippen molar-refractivity contribution in [2.24, 2.45) is 0 Å². The summed E-state index contributed by atoms with van der Waals surface area (Å²) in [6.45, 7) is 2.40. The van der Waals surface area contributed by atoms with Crippen molar-refractivity contribution in [3.8, 4) is 0 Å². The Morgan fingerprint density at radius 2 is 2.26 bits per heavy atom. The van der Waals surface area contributed by atoms with Crippen molar-refractivity contribution in [1.82, 2.24) is 15.2 Å². The number of hydrogen-bond donors (Lipinski definition) is 1. The van der Waals surface area contributed by atoms with Crippen LogP contribution < -0.4 is 5.32 Å². The number of thiazole rings is 1. The Kier molecular flexibility index (Phi) is 6.04. The highest BCUT2D eigenvalue weighted by Crippen LogP contribution is 2.33. The molecular formula is C11H17ClF3N3S. The molecule has 8 heteroatoms. The molecule has 1 fully saturated rings. The van der Waals surface area contributed by atoms with Crippen LogP contribution in [0.2, 0.25) is 0 Å². The van der Waals surface area contributed by atoms with Gasteiger partial charge in [-0.1, -0.05) is 0 Å². The first-order valence-electron chi connectivity index (χ1n) is 5.91. The molecule has 110 valence electrons. The molecule has 1 N–H and O–H groups in total. The molecule has 1 aromatic rings. The molecule has 3 nitrogen and oxygen atoms in total. The highest BCUT2D eigenvalue weighted by Gasteiger charge is 2.35. The van der Waals surface area contributed by atoms with E-state index in [2.05, 4.69) is 15.2 Å². The summed E-state index contributed by atoms with van der Waals surface area (Å²) in [4.78, 5) is 6.36. The standard InChI is InChI=1S/C11H16F3N3S.ClH/c1-15-5-8-3-2-4-17(8)7-9-6-16-10(18-9)11(12,13)14;/h6,8,15H,2-5,7H2,1H3;1H. The second-order valence-corrected chi connectivity index (χ2v) is 5.57. The minimum Gasteiger partial charge on any atom is -0.318 e. The van der Waals surface area contributed by atoms with E-state index in [1.54, 1.807) is 0 Å². The van der Waals surface area contributed by atoms with Gasteiger partial charge in [-0.25, -0.2) is 4.98 Å². The molecule has 1 unspecified atom stereocenters. The molecule has 2 heterocycles. The van der Waals surface area contributed by atoms with Gasteiger partial charge in [-0.3, -0.25) is 4.90 Å². The Morgan fingerprint density at radius 1 is 1.53 bits per heavy atom. The summed E-state index contributed by atoms with van der Waals surface area (Å²) >= 11 is 0.749. The second-order valence-electron chi connectivity index (χ2n) is 4.45. The van der Waals surface area contributed by atoms with Crippen LogP contribution >= 0.6 is 23.7 Å². The predicted molar refractivity (Wildman–Crippen MR) is 71.7 cm³/mol. The van der Waals surface area contributed by atoms with Gasteiger partial charge in [-0.15, -0.1) is 23.7 Å². The van der Waals surface area contributed by atoms with Crippen LogP contribution in [0.4, 0.5) is 13.2 Å². The number of halogens is 4. The summed E-state index contributed by atoms with van der Waals surface area (Å²) in [5.74, 6) is 0. The summed E-state index contributed by atoms with van der Waals surface area (Å²) in [6, 6.07) is 0.423. The smallest absolute Gasteiger partial charge is 0.318 e. The van der Waals surface area contributed by atoms with Crippen LogP contribution in [0, 0.1) is 0 Å². The van der Waals surface area contributed by atoms with Gasteiger partial charge in [0.2, 0.25) is 0 Å². The van der Waals surface area contributed by atoms with Crippen LogP contribution in [0.15, 0.2) is 6.20 Å². The zero-order valence-electron chi connectivity index (χ0n) is 10.5. The van der Waals surface area contributed by atoms with Crippen LogP contribution in [0.25, 0.3) is 0 Å². The van der Waals surface area contributed by atoms with Gasteiger partial charge in [-0.2, -0.15) is 13.2 Å². The predicted octanol–water partition coefficient (Wildman–Crippen LogP) is 2.77. The van der Waals surface area contributed by atoms with Gasteiger partial charge in [0.25, 0.3) is 0 Å². The lowest BCUT2D eigenvalue weighted by Crippen LogP contribution is -2.36. The van der Waals surface area contributed by atoms with Gasteiger partial charge < -0.3 is 5.32 Å². The fraction of sp³-hybridized carbons (Fsp3) is 0.727. The highest BCUT2D eigenvalue weighted by atomic mass is 35.5. The lowest BCUT2D eigenvalue weighted by Gasteiger charge is -2.23. The number of hydrogen-bond acceptors (Lipinski definition) is 4. The largest absolute Gasteiger partial charge is 0.443 e. The van der Waals surface area contributed by atoms with E-state index in [1.165, 1.54) is 6.20 Å². The minimum absolute atomic E-state index is 0. The van der Waals surface area contributed by atoms with E-state index < -0.39 is 11.2 Å². The second kappa shape index (κ2) is 6.88. The highest BCUT2D eigenvalue weighted by molar-refractivity contribution is 7.11. The minimum atomic E-state index is -4.32. The zero-order valence-corrected chi connectivity index (χ0v) is 12.2. The van der Waals surface area contributed by atoms with E-state index in [4.69, 9.17) is 0 Å². The lowest BCUT2D eigenvalue weighted by molar-refractivity contribution is -0.137. The molecular weight excluding hydrogens is 299 g/mol. The molecule has 1 saturated heterocycles. The van der Waals surface area contributed by atoms with Crippen LogP contribution in [0.3, 0.4) is 0 Å². The number of likely N-dealkylation sites (N-methyl/N-ethyl adjacent to an activating group) is 1. The number of rotatable bonds is 4. The normalized spacial score (nSPS) is 20.5. The topological polar surface area (TPSA) is 28.2 Å². The quantitative estimate of drug-likeness (QED) is 0.926. The number of nitrogens with zero attached hydrogens (tertiary/aromatic N) is 2. The molecule has 0 radical (unpaired) electrons. The third-order valence-electron chi connectivity index (χ3n) is 3.09. The van der Waals surface area contributed by atoms with Gasteiger partial charge in [0.15, 0.2) is 5.01 Å². The average Bonchev–Trinajstić information content (AvgIpc) is 2.89. The molecule has 2 rings (SSSR count). The summed E-state index contributed by atoms with van der Waals surface area (Å²) < 4.78 is 37.3. The van der Waals surface area contributed by atoms with Gasteiger partial charge in [-0.05, 0) is 26.4 Å². The third-order valence-corrected chi connectivity index (χ3v) is 4.12. The van der Waals surface area contributed by atoms with Crippen molar-refractivity contribution in [2.45, 2.75) is 31.6 Å². The summed E-state index contributed by atoms with van der Waals surface area (Å²) in [5.41, 5.74) is 0. The van der Waals surface area contributed by atoms with Crippen LogP contribution in [-0.2, 0) is 12.7 Å². The van der Waals surface area contributed by atoms with Gasteiger partial charge in [0.05, 0.1) is 0 Å². The maximum absolute atomic E-state index is 12.4. The average molecular weight is 316 g/mol. The maximum Gasteiger partial charge on any atom is 0.443 e. The lowest BCUT2D eigenvalue weighted by atomic mass is 10.2. The molecule has 1 aliphatic rings. The van der Waals surface area contributed by atoms with E-state index >= 15 is 0 Å². The fourth-order valence-corrected chi connectivity index (χ4v) is 3.09. The molecule has 19 heavy (non-hydrogen) atoms. The van der Waals surface area contributed by atoms with Gasteiger partial charge in [0, 0.05) is 30.2 Å². The first kappa shape index (κ1) is 16.7. The summed E-state index contributed by atoms with van der Waals surface area (Å²) in [7, 11) is 1.89. The van der Waals surface area contributed by atoms with Crippen molar-refractivity contribution in [1.29, 1.82) is 0 Å². The Hall–Kier alpha value is -0.370. The molecule has 0 aromatic carbocycles. The molecule has 0 saturated carbocycles. The summed E-state index contributed by atoms with van der Waals surface area (Å²) in [6.07, 6.45) is -0.760. The van der Waals surface area contributed by atoms with Crippen LogP contribution in [-0.4, -0.2) is 36.1 Å². The zero-order chi connectivity index (χ0) is 13.2.